The van der Waals surface area contributed by atoms with Crippen LogP contribution in [-0.4, -0.2) is 15.2 Å². The number of carbonyl (C=O) groups is 1. The highest BCUT2D eigenvalue weighted by atomic mass is 32.2. The maximum Gasteiger partial charge on any atom is 0.306 e. The van der Waals surface area contributed by atoms with E-state index in [2.05, 4.69) is 4.18 Å². The fourth-order valence-electron chi connectivity index (χ4n) is 0.0321. The van der Waals surface area contributed by atoms with Gasteiger partial charge in [0.05, 0.1) is 0 Å². The maximum absolute atomic E-state index is 9.15. The fraction of sp³-hybridized carbons (Fsp3) is 0. The molecular weight excluding hydrogens is 108 g/mol. The first kappa shape index (κ1) is 5.58. The van der Waals surface area contributed by atoms with Crippen LogP contribution in [0.1, 0.15) is 0 Å². The Kier molecular flexibility index (Phi) is 2.60. The van der Waals surface area contributed by atoms with Crippen molar-refractivity contribution in [3.63, 3.8) is 0 Å². The fourth-order valence-corrected chi connectivity index (χ4v) is 0.0962. The Bertz CT molecular complexity index is 67.9. The van der Waals surface area contributed by atoms with Crippen LogP contribution in [0.2, 0.25) is 0 Å². The van der Waals surface area contributed by atoms with Crippen molar-refractivity contribution in [3.05, 3.63) is 0 Å². The van der Waals surface area contributed by atoms with Crippen molar-refractivity contribution in [2.45, 2.75) is 0 Å². The van der Waals surface area contributed by atoms with Crippen LogP contribution in [0.4, 0.5) is 0 Å². The zero-order chi connectivity index (χ0) is 4.99. The molecule has 6 heavy (non-hydrogen) atoms. The summed E-state index contributed by atoms with van der Waals surface area (Å²) in [5.41, 5.74) is 0. The van der Waals surface area contributed by atoms with Crippen molar-refractivity contribution >= 4 is 17.8 Å². The van der Waals surface area contributed by atoms with Gasteiger partial charge in [-0.25, -0.2) is 4.21 Å². The van der Waals surface area contributed by atoms with E-state index in [0.29, 0.717) is 0 Å². The van der Waals surface area contributed by atoms with Crippen molar-refractivity contribution in [1.29, 1.82) is 0 Å². The summed E-state index contributed by atoms with van der Waals surface area (Å²) in [4.78, 5) is 9.00. The number of hydrogen-bond acceptors (Lipinski definition) is 4. The summed E-state index contributed by atoms with van der Waals surface area (Å²) in [6.07, 6.45) is 0. The van der Waals surface area contributed by atoms with Crippen LogP contribution in [0, 0.1) is 0 Å². The molecule has 0 rings (SSSR count). The predicted octanol–water partition coefficient (Wildman–Crippen LogP) is -1.05. The molecule has 0 aliphatic rings. The van der Waals surface area contributed by atoms with Crippen molar-refractivity contribution < 1.29 is 17.7 Å². The number of hydrogen-bond donors (Lipinski definition) is 0. The highest BCUT2D eigenvalue weighted by Gasteiger charge is 1.68. The Hall–Kier alpha value is -0.420. The standard InChI is InChI=1S/CH2O4S/c2-1-5-6(3)4/h1H,(H,3,4)/p-1. The summed E-state index contributed by atoms with van der Waals surface area (Å²) in [6.45, 7) is -0.164. The molecule has 4 nitrogen and oxygen atoms in total. The van der Waals surface area contributed by atoms with Gasteiger partial charge in [-0.15, -0.1) is 0 Å². The molecule has 0 aromatic heterocycles. The topological polar surface area (TPSA) is 66.4 Å². The van der Waals surface area contributed by atoms with Crippen molar-refractivity contribution in [2.75, 3.05) is 0 Å². The van der Waals surface area contributed by atoms with E-state index in [1.807, 2.05) is 0 Å². The summed E-state index contributed by atoms with van der Waals surface area (Å²) < 4.78 is 21.6. The van der Waals surface area contributed by atoms with Crippen LogP contribution >= 0.6 is 0 Å². The molecule has 0 bridgehead atoms. The molecule has 1 unspecified atom stereocenters. The minimum atomic E-state index is -2.68. The molecule has 0 aliphatic heterocycles. The summed E-state index contributed by atoms with van der Waals surface area (Å²) in [5.74, 6) is 0. The van der Waals surface area contributed by atoms with Gasteiger partial charge < -0.3 is 8.74 Å². The second-order valence-corrected chi connectivity index (χ2v) is 0.997. The van der Waals surface area contributed by atoms with Gasteiger partial charge in [0.1, 0.15) is 11.4 Å². The summed E-state index contributed by atoms with van der Waals surface area (Å²) >= 11 is -2.68. The molecule has 36 valence electrons. The van der Waals surface area contributed by atoms with E-state index in [-0.39, 0.29) is 6.47 Å². The van der Waals surface area contributed by atoms with Gasteiger partial charge >= 0.3 is 6.47 Å². The van der Waals surface area contributed by atoms with E-state index in [9.17, 15) is 0 Å². The van der Waals surface area contributed by atoms with E-state index in [1.54, 1.807) is 0 Å². The maximum atomic E-state index is 9.15. The molecule has 0 saturated carbocycles. The third-order valence-corrected chi connectivity index (χ3v) is 0.354. The molecule has 5 heteroatoms. The summed E-state index contributed by atoms with van der Waals surface area (Å²) in [7, 11) is 0. The van der Waals surface area contributed by atoms with E-state index in [1.165, 1.54) is 0 Å². The Morgan fingerprint density at radius 1 is 1.83 bits per heavy atom. The molecule has 1 atom stereocenters. The van der Waals surface area contributed by atoms with E-state index in [4.69, 9.17) is 13.6 Å². The lowest BCUT2D eigenvalue weighted by molar-refractivity contribution is -0.120. The van der Waals surface area contributed by atoms with Gasteiger partial charge in [0, 0.05) is 0 Å². The van der Waals surface area contributed by atoms with Gasteiger partial charge in [-0.2, -0.15) is 0 Å². The molecule has 0 aromatic rings. The largest absolute Gasteiger partial charge is 0.740 e. The smallest absolute Gasteiger partial charge is 0.306 e. The first-order valence-electron chi connectivity index (χ1n) is 0.971. The second-order valence-electron chi connectivity index (χ2n) is 0.397. The minimum absolute atomic E-state index is 0.164. The molecule has 0 saturated heterocycles. The Morgan fingerprint density at radius 3 is 2.33 bits per heavy atom. The van der Waals surface area contributed by atoms with Crippen LogP contribution in [0.3, 0.4) is 0 Å². The SMILES string of the molecule is O=COS(=O)[O-]. The zero-order valence-electron chi connectivity index (χ0n) is 2.62. The Morgan fingerprint density at radius 2 is 2.33 bits per heavy atom. The third kappa shape index (κ3) is 3.58. The van der Waals surface area contributed by atoms with Gasteiger partial charge in [-0.05, 0) is 0 Å². The molecule has 0 N–H and O–H groups in total. The summed E-state index contributed by atoms with van der Waals surface area (Å²) in [6, 6.07) is 0. The van der Waals surface area contributed by atoms with E-state index < -0.39 is 11.4 Å². The van der Waals surface area contributed by atoms with Crippen LogP contribution in [0.5, 0.6) is 0 Å². The summed E-state index contributed by atoms with van der Waals surface area (Å²) in [5, 5.41) is 0. The average molecular weight is 109 g/mol. The lowest BCUT2D eigenvalue weighted by atomic mass is 11.7. The Balaban J connectivity index is 3.05. The van der Waals surface area contributed by atoms with Crippen LogP contribution in [-0.2, 0) is 20.3 Å². The van der Waals surface area contributed by atoms with Crippen molar-refractivity contribution in [1.82, 2.24) is 0 Å². The molecule has 0 aliphatic carbocycles. The van der Waals surface area contributed by atoms with Gasteiger partial charge in [0.2, 0.25) is 0 Å². The Labute approximate surface area is 36.6 Å². The predicted molar refractivity (Wildman–Crippen MR) is 16.1 cm³/mol. The molecule has 0 fully saturated rings. The monoisotopic (exact) mass is 109 g/mol. The van der Waals surface area contributed by atoms with Crippen LogP contribution in [0.15, 0.2) is 0 Å². The number of rotatable bonds is 2. The first-order chi connectivity index (χ1) is 2.77. The number of carbonyl (C=O) groups excluding carboxylic acids is 1. The molecule has 0 amide bonds. The highest BCUT2D eigenvalue weighted by Crippen LogP contribution is 1.65. The molecule has 0 aromatic carbocycles. The van der Waals surface area contributed by atoms with Crippen molar-refractivity contribution in [2.24, 2.45) is 0 Å². The van der Waals surface area contributed by atoms with Gasteiger partial charge in [-0.1, -0.05) is 0 Å². The van der Waals surface area contributed by atoms with Gasteiger partial charge in [-0.3, -0.25) is 4.79 Å². The average Bonchev–Trinajstić information content (AvgIpc) is 1.35. The van der Waals surface area contributed by atoms with Gasteiger partial charge in [0.15, 0.2) is 0 Å². The molecular formula is CHO4S-. The second kappa shape index (κ2) is 2.80. The quantitative estimate of drug-likeness (QED) is 0.335. The lowest BCUT2D eigenvalue weighted by Crippen LogP contribution is -1.89. The van der Waals surface area contributed by atoms with E-state index >= 15 is 0 Å². The van der Waals surface area contributed by atoms with Crippen molar-refractivity contribution in [3.8, 4) is 0 Å². The lowest BCUT2D eigenvalue weighted by Gasteiger charge is -1.94. The molecule has 0 spiro atoms. The van der Waals surface area contributed by atoms with Crippen LogP contribution in [0.25, 0.3) is 0 Å². The first-order valence-corrected chi connectivity index (χ1v) is 1.97. The molecule has 0 radical (unpaired) electrons. The zero-order valence-corrected chi connectivity index (χ0v) is 3.44. The minimum Gasteiger partial charge on any atom is -0.740 e. The molecule has 0 heterocycles. The van der Waals surface area contributed by atoms with E-state index in [0.717, 1.165) is 0 Å². The highest BCUT2D eigenvalue weighted by molar-refractivity contribution is 7.74. The van der Waals surface area contributed by atoms with Gasteiger partial charge in [0.25, 0.3) is 0 Å². The van der Waals surface area contributed by atoms with Crippen LogP contribution < -0.4 is 0 Å². The third-order valence-electron chi connectivity index (χ3n) is 0.118. The normalized spacial score (nSPS) is 12.8.